The molecular formula is C8H9BrClNO2S. The Morgan fingerprint density at radius 1 is 1.50 bits per heavy atom. The smallest absolute Gasteiger partial charge is 0.246 e. The molecule has 14 heavy (non-hydrogen) atoms. The van der Waals surface area contributed by atoms with Crippen LogP contribution in [-0.2, 0) is 10.0 Å². The van der Waals surface area contributed by atoms with Gasteiger partial charge in [-0.05, 0) is 24.6 Å². The number of hydrogen-bond acceptors (Lipinski definition) is 2. The first-order valence-electron chi connectivity index (χ1n) is 3.77. The van der Waals surface area contributed by atoms with E-state index in [1.54, 1.807) is 12.1 Å². The summed E-state index contributed by atoms with van der Waals surface area (Å²) in [5, 5.41) is -0.446. The molecule has 0 saturated heterocycles. The molecule has 0 aliphatic heterocycles. The van der Waals surface area contributed by atoms with Crippen molar-refractivity contribution >= 4 is 43.2 Å². The van der Waals surface area contributed by atoms with E-state index in [-0.39, 0.29) is 0 Å². The number of hydrogen-bond donors (Lipinski definition) is 1. The molecule has 1 aromatic carbocycles. The third-order valence-electron chi connectivity index (χ3n) is 1.59. The number of anilines is 1. The number of nitrogens with one attached hydrogen (secondary N) is 1. The van der Waals surface area contributed by atoms with Gasteiger partial charge in [0, 0.05) is 10.2 Å². The minimum atomic E-state index is -3.41. The SMILES string of the molecule is Cc1ccc(NS(=O)(=O)CCl)cc1Br. The molecule has 0 unspecified atom stereocenters. The van der Waals surface area contributed by atoms with Crippen LogP contribution in [0.4, 0.5) is 5.69 Å². The van der Waals surface area contributed by atoms with Crippen LogP contribution in [0, 0.1) is 6.92 Å². The summed E-state index contributed by atoms with van der Waals surface area (Å²) in [7, 11) is -3.41. The summed E-state index contributed by atoms with van der Waals surface area (Å²) in [5.74, 6) is 0. The van der Waals surface area contributed by atoms with Crippen LogP contribution in [0.1, 0.15) is 5.56 Å². The lowest BCUT2D eigenvalue weighted by Gasteiger charge is -2.06. The fourth-order valence-electron chi connectivity index (χ4n) is 0.863. The minimum absolute atomic E-state index is 0.446. The van der Waals surface area contributed by atoms with E-state index in [0.29, 0.717) is 5.69 Å². The van der Waals surface area contributed by atoms with E-state index < -0.39 is 15.2 Å². The van der Waals surface area contributed by atoms with Crippen LogP contribution in [0.2, 0.25) is 0 Å². The monoisotopic (exact) mass is 297 g/mol. The number of aryl methyl sites for hydroxylation is 1. The Morgan fingerprint density at radius 2 is 2.14 bits per heavy atom. The maximum Gasteiger partial charge on any atom is 0.246 e. The Bertz CT molecular complexity index is 433. The van der Waals surface area contributed by atoms with E-state index in [1.165, 1.54) is 0 Å². The van der Waals surface area contributed by atoms with Crippen LogP contribution >= 0.6 is 27.5 Å². The second-order valence-electron chi connectivity index (χ2n) is 2.79. The first kappa shape index (κ1) is 11.8. The van der Waals surface area contributed by atoms with E-state index in [9.17, 15) is 8.42 Å². The summed E-state index contributed by atoms with van der Waals surface area (Å²) in [6, 6.07) is 5.19. The molecule has 6 heteroatoms. The molecule has 1 rings (SSSR count). The molecule has 1 aromatic rings. The van der Waals surface area contributed by atoms with Gasteiger partial charge in [-0.2, -0.15) is 0 Å². The van der Waals surface area contributed by atoms with Crippen molar-refractivity contribution in [2.24, 2.45) is 0 Å². The van der Waals surface area contributed by atoms with Crippen LogP contribution < -0.4 is 4.72 Å². The Balaban J connectivity index is 2.94. The number of rotatable bonds is 3. The maximum absolute atomic E-state index is 11.1. The van der Waals surface area contributed by atoms with Gasteiger partial charge in [0.1, 0.15) is 5.21 Å². The van der Waals surface area contributed by atoms with E-state index in [0.717, 1.165) is 10.0 Å². The number of alkyl halides is 1. The summed E-state index contributed by atoms with van der Waals surface area (Å²) >= 11 is 8.56. The lowest BCUT2D eigenvalue weighted by Crippen LogP contribution is -2.13. The molecule has 78 valence electrons. The quantitative estimate of drug-likeness (QED) is 0.872. The molecule has 0 heterocycles. The van der Waals surface area contributed by atoms with Gasteiger partial charge in [0.05, 0.1) is 0 Å². The van der Waals surface area contributed by atoms with Gasteiger partial charge in [-0.25, -0.2) is 8.42 Å². The second-order valence-corrected chi connectivity index (χ2v) is 5.95. The predicted octanol–water partition coefficient (Wildman–Crippen LogP) is 2.70. The van der Waals surface area contributed by atoms with Crippen molar-refractivity contribution in [2.45, 2.75) is 6.92 Å². The van der Waals surface area contributed by atoms with Gasteiger partial charge >= 0.3 is 0 Å². The summed E-state index contributed by atoms with van der Waals surface area (Å²) in [5.41, 5.74) is 1.54. The fraction of sp³-hybridized carbons (Fsp3) is 0.250. The Kier molecular flexibility index (Phi) is 3.80. The predicted molar refractivity (Wildman–Crippen MR) is 62.1 cm³/mol. The Hall–Kier alpha value is -0.260. The van der Waals surface area contributed by atoms with Gasteiger partial charge in [0.15, 0.2) is 0 Å². The van der Waals surface area contributed by atoms with Gasteiger partial charge < -0.3 is 0 Å². The van der Waals surface area contributed by atoms with Crippen LogP contribution in [0.25, 0.3) is 0 Å². The lowest BCUT2D eigenvalue weighted by molar-refractivity contribution is 0.605. The van der Waals surface area contributed by atoms with Gasteiger partial charge in [0.25, 0.3) is 0 Å². The van der Waals surface area contributed by atoms with Crippen molar-refractivity contribution in [3.8, 4) is 0 Å². The molecule has 0 saturated carbocycles. The van der Waals surface area contributed by atoms with E-state index in [4.69, 9.17) is 11.6 Å². The van der Waals surface area contributed by atoms with Crippen molar-refractivity contribution in [1.29, 1.82) is 0 Å². The van der Waals surface area contributed by atoms with Gasteiger partial charge in [0.2, 0.25) is 10.0 Å². The molecule has 0 fully saturated rings. The topological polar surface area (TPSA) is 46.2 Å². The zero-order chi connectivity index (χ0) is 10.8. The second kappa shape index (κ2) is 4.51. The highest BCUT2D eigenvalue weighted by molar-refractivity contribution is 9.10. The molecule has 3 nitrogen and oxygen atoms in total. The zero-order valence-corrected chi connectivity index (χ0v) is 10.6. The van der Waals surface area contributed by atoms with E-state index >= 15 is 0 Å². The highest BCUT2D eigenvalue weighted by Crippen LogP contribution is 2.21. The average Bonchev–Trinajstić information content (AvgIpc) is 2.11. The van der Waals surface area contributed by atoms with Gasteiger partial charge in [-0.3, -0.25) is 4.72 Å². The Morgan fingerprint density at radius 3 is 2.64 bits per heavy atom. The van der Waals surface area contributed by atoms with Crippen LogP contribution in [0.5, 0.6) is 0 Å². The standard InChI is InChI=1S/C8H9BrClNO2S/c1-6-2-3-7(4-8(6)9)11-14(12,13)5-10/h2-4,11H,5H2,1H3. The van der Waals surface area contributed by atoms with Gasteiger partial charge in [-0.1, -0.05) is 22.0 Å². The zero-order valence-electron chi connectivity index (χ0n) is 7.42. The molecular weight excluding hydrogens is 290 g/mol. The molecule has 1 N–H and O–H groups in total. The summed E-state index contributed by atoms with van der Waals surface area (Å²) in [6.07, 6.45) is 0. The molecule has 0 aliphatic carbocycles. The van der Waals surface area contributed by atoms with Crippen LogP contribution in [0.15, 0.2) is 22.7 Å². The van der Waals surface area contributed by atoms with Gasteiger partial charge in [-0.15, -0.1) is 11.6 Å². The molecule has 0 amide bonds. The lowest BCUT2D eigenvalue weighted by atomic mass is 10.2. The maximum atomic E-state index is 11.1. The molecule has 0 radical (unpaired) electrons. The van der Waals surface area contributed by atoms with Crippen molar-refractivity contribution in [3.63, 3.8) is 0 Å². The normalized spacial score (nSPS) is 11.4. The Labute approximate surface area is 96.6 Å². The van der Waals surface area contributed by atoms with Crippen molar-refractivity contribution in [3.05, 3.63) is 28.2 Å². The molecule has 0 aliphatic rings. The first-order chi connectivity index (χ1) is 6.44. The number of sulfonamides is 1. The molecule has 0 atom stereocenters. The van der Waals surface area contributed by atoms with Crippen molar-refractivity contribution < 1.29 is 8.42 Å². The van der Waals surface area contributed by atoms with Crippen LogP contribution in [0.3, 0.4) is 0 Å². The average molecular weight is 299 g/mol. The summed E-state index contributed by atoms with van der Waals surface area (Å²) in [4.78, 5) is 0. The highest BCUT2D eigenvalue weighted by Gasteiger charge is 2.08. The largest absolute Gasteiger partial charge is 0.283 e. The summed E-state index contributed by atoms with van der Waals surface area (Å²) in [6.45, 7) is 1.92. The third kappa shape index (κ3) is 3.15. The highest BCUT2D eigenvalue weighted by atomic mass is 79.9. The van der Waals surface area contributed by atoms with E-state index in [2.05, 4.69) is 20.7 Å². The van der Waals surface area contributed by atoms with E-state index in [1.807, 2.05) is 13.0 Å². The molecule has 0 spiro atoms. The number of halogens is 2. The third-order valence-corrected chi connectivity index (χ3v) is 4.14. The van der Waals surface area contributed by atoms with Crippen LogP contribution in [-0.4, -0.2) is 13.6 Å². The first-order valence-corrected chi connectivity index (χ1v) is 6.75. The number of benzene rings is 1. The minimum Gasteiger partial charge on any atom is -0.283 e. The summed E-state index contributed by atoms with van der Waals surface area (Å²) < 4.78 is 25.4. The van der Waals surface area contributed by atoms with Crippen molar-refractivity contribution in [2.75, 3.05) is 9.93 Å². The fourth-order valence-corrected chi connectivity index (χ4v) is 1.95. The molecule has 0 aromatic heterocycles. The van der Waals surface area contributed by atoms with Crippen molar-refractivity contribution in [1.82, 2.24) is 0 Å². The molecule has 0 bridgehead atoms.